The molecular weight excluding hydrogens is 621 g/mol. The number of rotatable bonds is 8. The maximum atomic E-state index is 6.85. The minimum atomic E-state index is -1.99. The molecule has 3 nitrogen and oxygen atoms in total. The van der Waals surface area contributed by atoms with Crippen LogP contribution in [0.25, 0.3) is 11.6 Å². The summed E-state index contributed by atoms with van der Waals surface area (Å²) < 4.78 is 19.8. The number of fused-ring (bicyclic) bond motifs is 2. The van der Waals surface area contributed by atoms with Crippen LogP contribution in [0.2, 0.25) is 36.3 Å². The Morgan fingerprint density at radius 2 is 1.12 bits per heavy atom. The van der Waals surface area contributed by atoms with Crippen LogP contribution in [0.15, 0.2) is 91.0 Å². The lowest BCUT2D eigenvalue weighted by Gasteiger charge is -2.36. The van der Waals surface area contributed by atoms with Gasteiger partial charge < -0.3 is 13.6 Å². The van der Waals surface area contributed by atoms with Crippen LogP contribution in [0.5, 0.6) is 17.2 Å². The van der Waals surface area contributed by atoms with Crippen molar-refractivity contribution in [1.82, 2.24) is 0 Å². The fraction of sp³-hybridized carbons (Fsp3) is 0.395. The van der Waals surface area contributed by atoms with Gasteiger partial charge >= 0.3 is 0 Å². The molecule has 0 bridgehead atoms. The Morgan fingerprint density at radius 1 is 0.604 bits per heavy atom. The van der Waals surface area contributed by atoms with Crippen LogP contribution in [0, 0.1) is 5.41 Å². The normalized spacial score (nSPS) is 18.6. The molecule has 1 spiro atoms. The maximum Gasteiger partial charge on any atom is 0.250 e. The first-order valence-electron chi connectivity index (χ1n) is 17.6. The number of ether oxygens (including phenoxy) is 1. The van der Waals surface area contributed by atoms with E-state index in [1.807, 2.05) is 6.07 Å². The molecule has 4 aromatic carbocycles. The van der Waals surface area contributed by atoms with Crippen LogP contribution in [-0.4, -0.2) is 16.6 Å². The van der Waals surface area contributed by atoms with Crippen LogP contribution >= 0.6 is 0 Å². The summed E-state index contributed by atoms with van der Waals surface area (Å²) in [5.41, 5.74) is 9.39. The molecule has 2 aliphatic rings. The van der Waals surface area contributed by atoms with E-state index in [9.17, 15) is 0 Å². The predicted molar refractivity (Wildman–Crippen MR) is 207 cm³/mol. The highest BCUT2D eigenvalue weighted by Gasteiger charge is 2.47. The van der Waals surface area contributed by atoms with Gasteiger partial charge in [-0.2, -0.15) is 0 Å². The summed E-state index contributed by atoms with van der Waals surface area (Å²) in [4.78, 5) is 0. The first-order chi connectivity index (χ1) is 22.4. The van der Waals surface area contributed by atoms with Gasteiger partial charge in [0.05, 0.1) is 0 Å². The van der Waals surface area contributed by atoms with Crippen molar-refractivity contribution in [1.29, 1.82) is 0 Å². The Labute approximate surface area is 291 Å². The third-order valence-electron chi connectivity index (χ3n) is 11.5. The van der Waals surface area contributed by atoms with Gasteiger partial charge in [-0.1, -0.05) is 102 Å². The monoisotopic (exact) mass is 674 g/mol. The summed E-state index contributed by atoms with van der Waals surface area (Å²) in [5.74, 6) is 2.90. The van der Waals surface area contributed by atoms with Crippen molar-refractivity contribution in [2.24, 2.45) is 5.41 Å². The van der Waals surface area contributed by atoms with Crippen molar-refractivity contribution >= 4 is 28.3 Å². The minimum Gasteiger partial charge on any atom is -0.543 e. The molecule has 0 fully saturated rings. The van der Waals surface area contributed by atoms with Crippen LogP contribution in [0.3, 0.4) is 0 Å². The highest BCUT2D eigenvalue weighted by atomic mass is 28.4. The average molecular weight is 675 g/mol. The van der Waals surface area contributed by atoms with Crippen LogP contribution < -0.4 is 13.6 Å². The molecule has 4 aromatic rings. The third-order valence-corrected chi connectivity index (χ3v) is 20.2. The zero-order valence-electron chi connectivity index (χ0n) is 30.8. The molecule has 0 saturated heterocycles. The summed E-state index contributed by atoms with van der Waals surface area (Å²) in [6.45, 7) is 23.7. The molecule has 0 N–H and O–H groups in total. The van der Waals surface area contributed by atoms with Gasteiger partial charge in [0, 0.05) is 5.41 Å². The Bertz CT molecular complexity index is 1800. The van der Waals surface area contributed by atoms with Crippen LogP contribution in [0.1, 0.15) is 74.9 Å². The Morgan fingerprint density at radius 3 is 1.73 bits per heavy atom. The molecule has 6 rings (SSSR count). The predicted octanol–water partition coefficient (Wildman–Crippen LogP) is 11.9. The Balaban J connectivity index is 1.34. The van der Waals surface area contributed by atoms with Crippen molar-refractivity contribution in [2.45, 2.75) is 104 Å². The SMILES string of the molecule is CC(C)(C)[Si](C)(C)Oc1ccc2c(c1)CC1(C2)Cc2ccc(O[Si](C)(C)C(C)(C)C)cc2/C1=C/c1ccc(OCc2ccccc2)cc1. The summed E-state index contributed by atoms with van der Waals surface area (Å²) >= 11 is 0. The van der Waals surface area contributed by atoms with Gasteiger partial charge in [-0.25, -0.2) is 0 Å². The highest BCUT2D eigenvalue weighted by Crippen LogP contribution is 2.56. The first-order valence-corrected chi connectivity index (χ1v) is 23.4. The summed E-state index contributed by atoms with van der Waals surface area (Å²) in [6, 6.07) is 32.7. The van der Waals surface area contributed by atoms with E-state index < -0.39 is 16.6 Å². The van der Waals surface area contributed by atoms with E-state index in [0.29, 0.717) is 6.61 Å². The Kier molecular flexibility index (Phi) is 8.87. The molecule has 2 aliphatic carbocycles. The van der Waals surface area contributed by atoms with Gasteiger partial charge in [-0.3, -0.25) is 0 Å². The van der Waals surface area contributed by atoms with Gasteiger partial charge in [-0.15, -0.1) is 0 Å². The second kappa shape index (κ2) is 12.4. The first kappa shape index (κ1) is 34.3. The molecule has 0 aromatic heterocycles. The van der Waals surface area contributed by atoms with Gasteiger partial charge in [0.1, 0.15) is 23.9 Å². The minimum absolute atomic E-state index is 0.00165. The lowest BCUT2D eigenvalue weighted by atomic mass is 9.77. The van der Waals surface area contributed by atoms with E-state index in [0.717, 1.165) is 36.5 Å². The lowest BCUT2D eigenvalue weighted by Crippen LogP contribution is -2.43. The number of hydrogen-bond donors (Lipinski definition) is 0. The highest BCUT2D eigenvalue weighted by molar-refractivity contribution is 6.75. The Hall–Kier alpha value is -3.55. The van der Waals surface area contributed by atoms with Crippen molar-refractivity contribution in [3.63, 3.8) is 0 Å². The van der Waals surface area contributed by atoms with Crippen LogP contribution in [0.4, 0.5) is 0 Å². The van der Waals surface area contributed by atoms with Crippen molar-refractivity contribution < 1.29 is 13.6 Å². The largest absolute Gasteiger partial charge is 0.543 e. The molecule has 5 heteroatoms. The van der Waals surface area contributed by atoms with E-state index in [1.54, 1.807) is 0 Å². The smallest absolute Gasteiger partial charge is 0.250 e. The number of hydrogen-bond acceptors (Lipinski definition) is 3. The van der Waals surface area contributed by atoms with Crippen molar-refractivity contribution in [2.75, 3.05) is 0 Å². The van der Waals surface area contributed by atoms with Crippen molar-refractivity contribution in [3.8, 4) is 17.2 Å². The van der Waals surface area contributed by atoms with E-state index in [1.165, 1.54) is 39.0 Å². The van der Waals surface area contributed by atoms with Gasteiger partial charge in [0.15, 0.2) is 0 Å². The second-order valence-electron chi connectivity index (χ2n) is 17.2. The van der Waals surface area contributed by atoms with E-state index in [-0.39, 0.29) is 15.5 Å². The topological polar surface area (TPSA) is 27.7 Å². The fourth-order valence-electron chi connectivity index (χ4n) is 6.57. The lowest BCUT2D eigenvalue weighted by molar-refractivity contribution is 0.306. The molecule has 0 saturated carbocycles. The van der Waals surface area contributed by atoms with E-state index in [2.05, 4.69) is 159 Å². The summed E-state index contributed by atoms with van der Waals surface area (Å²) in [6.07, 6.45) is 5.50. The maximum absolute atomic E-state index is 6.85. The van der Waals surface area contributed by atoms with Gasteiger partial charge in [-0.05, 0) is 131 Å². The third kappa shape index (κ3) is 6.95. The summed E-state index contributed by atoms with van der Waals surface area (Å²) in [7, 11) is -3.93. The molecule has 0 amide bonds. The van der Waals surface area contributed by atoms with E-state index in [4.69, 9.17) is 13.6 Å². The fourth-order valence-corrected chi connectivity index (χ4v) is 8.62. The number of benzene rings is 4. The molecule has 1 atom stereocenters. The molecular formula is C43H54O3Si2. The quantitative estimate of drug-likeness (QED) is 0.174. The zero-order chi connectivity index (χ0) is 34.5. The zero-order valence-corrected chi connectivity index (χ0v) is 32.8. The molecule has 0 aliphatic heterocycles. The van der Waals surface area contributed by atoms with Gasteiger partial charge in [0.25, 0.3) is 0 Å². The standard InChI is InChI=1S/C43H54O3Si2/c1-41(2,3)47(7,8)45-37-22-18-33-27-43(29-35(33)25-37)28-34-19-23-38(46-48(9,10)42(4,5)6)26-39(34)40(43)24-31-16-20-36(21-17-31)44-30-32-14-12-11-13-15-32/h11-26H,27-30H2,1-10H3/b40-24-. The molecule has 1 unspecified atom stereocenters. The summed E-state index contributed by atoms with van der Waals surface area (Å²) in [5, 5.41) is 0.288. The second-order valence-corrected chi connectivity index (χ2v) is 26.6. The number of allylic oxidation sites excluding steroid dienone is 1. The average Bonchev–Trinajstić information content (AvgIpc) is 3.51. The van der Waals surface area contributed by atoms with E-state index >= 15 is 0 Å². The molecule has 252 valence electrons. The van der Waals surface area contributed by atoms with Crippen molar-refractivity contribution in [3.05, 3.63) is 124 Å². The molecule has 48 heavy (non-hydrogen) atoms. The van der Waals surface area contributed by atoms with Gasteiger partial charge in [0.2, 0.25) is 16.6 Å². The molecule has 0 heterocycles. The molecule has 0 radical (unpaired) electrons. The van der Waals surface area contributed by atoms with Crippen LogP contribution in [-0.2, 0) is 25.9 Å².